The third-order valence-corrected chi connectivity index (χ3v) is 2.64. The van der Waals surface area contributed by atoms with Crippen molar-refractivity contribution in [2.24, 2.45) is 0 Å². The quantitative estimate of drug-likeness (QED) is 0.659. The Morgan fingerprint density at radius 1 is 1.53 bits per heavy atom. The highest BCUT2D eigenvalue weighted by Gasteiger charge is 2.14. The van der Waals surface area contributed by atoms with E-state index in [1.807, 2.05) is 0 Å². The first kappa shape index (κ1) is 13.2. The number of aromatic nitrogens is 2. The van der Waals surface area contributed by atoms with Crippen molar-refractivity contribution in [1.82, 2.24) is 14.9 Å². The van der Waals surface area contributed by atoms with Gasteiger partial charge < -0.3 is 9.88 Å². The lowest BCUT2D eigenvalue weighted by molar-refractivity contribution is -0.385. The first-order chi connectivity index (χ1) is 9.10. The fourth-order valence-corrected chi connectivity index (χ4v) is 1.82. The van der Waals surface area contributed by atoms with Gasteiger partial charge in [0.15, 0.2) is 0 Å². The molecule has 1 heterocycles. The Labute approximate surface area is 109 Å². The largest absolute Gasteiger partial charge is 0.332 e. The number of nitro benzene ring substituents is 1. The van der Waals surface area contributed by atoms with Gasteiger partial charge in [-0.1, -0.05) is 0 Å². The second-order valence-corrected chi connectivity index (χ2v) is 4.10. The number of hydrogen-bond acceptors (Lipinski definition) is 4. The molecule has 0 unspecified atom stereocenters. The molecule has 1 aromatic carbocycles. The van der Waals surface area contributed by atoms with E-state index in [4.69, 9.17) is 0 Å². The van der Waals surface area contributed by atoms with E-state index >= 15 is 0 Å². The predicted molar refractivity (Wildman–Crippen MR) is 67.1 cm³/mol. The Bertz CT molecular complexity index is 597. The van der Waals surface area contributed by atoms with Crippen LogP contribution in [-0.4, -0.2) is 21.5 Å². The lowest BCUT2D eigenvalue weighted by Crippen LogP contribution is -2.05. The first-order valence-electron chi connectivity index (χ1n) is 5.68. The van der Waals surface area contributed by atoms with Crippen molar-refractivity contribution in [3.63, 3.8) is 0 Å². The van der Waals surface area contributed by atoms with E-state index in [1.54, 1.807) is 24.1 Å². The topological polar surface area (TPSA) is 73.0 Å². The standard InChI is InChI=1S/C12H13FN4O2/c1-14-5-11-7-16(8-15-11)6-9-4-10(13)2-3-12(9)17(18)19/h2-4,7-8,14H,5-6H2,1H3. The summed E-state index contributed by atoms with van der Waals surface area (Å²) in [4.78, 5) is 14.5. The van der Waals surface area contributed by atoms with Crippen LogP contribution in [0.2, 0.25) is 0 Å². The van der Waals surface area contributed by atoms with Gasteiger partial charge in [-0.2, -0.15) is 0 Å². The minimum absolute atomic E-state index is 0.0923. The van der Waals surface area contributed by atoms with Crippen LogP contribution in [0.1, 0.15) is 11.3 Å². The second-order valence-electron chi connectivity index (χ2n) is 4.10. The Hall–Kier alpha value is -2.28. The fraction of sp³-hybridized carbons (Fsp3) is 0.250. The van der Waals surface area contributed by atoms with Crippen LogP contribution in [0.15, 0.2) is 30.7 Å². The third-order valence-electron chi connectivity index (χ3n) is 2.64. The molecule has 2 aromatic rings. The van der Waals surface area contributed by atoms with Crippen molar-refractivity contribution in [3.05, 3.63) is 57.9 Å². The van der Waals surface area contributed by atoms with Gasteiger partial charge in [-0.05, 0) is 19.2 Å². The van der Waals surface area contributed by atoms with E-state index in [0.717, 1.165) is 11.8 Å². The molecule has 0 bridgehead atoms. The van der Waals surface area contributed by atoms with Gasteiger partial charge in [-0.25, -0.2) is 9.37 Å². The van der Waals surface area contributed by atoms with Crippen molar-refractivity contribution >= 4 is 5.69 Å². The molecule has 0 fully saturated rings. The molecule has 0 aliphatic rings. The number of nitro groups is 1. The summed E-state index contributed by atoms with van der Waals surface area (Å²) in [5, 5.41) is 13.8. The summed E-state index contributed by atoms with van der Waals surface area (Å²) in [6.45, 7) is 0.822. The lowest BCUT2D eigenvalue weighted by atomic mass is 10.1. The average Bonchev–Trinajstić information content (AvgIpc) is 2.77. The zero-order chi connectivity index (χ0) is 13.8. The van der Waals surface area contributed by atoms with Gasteiger partial charge in [0.1, 0.15) is 5.82 Å². The molecule has 7 heteroatoms. The van der Waals surface area contributed by atoms with Gasteiger partial charge in [0.25, 0.3) is 5.69 Å². The molecule has 0 aliphatic carbocycles. The number of nitrogens with one attached hydrogen (secondary N) is 1. The molecule has 6 nitrogen and oxygen atoms in total. The van der Waals surface area contributed by atoms with Crippen LogP contribution in [0.3, 0.4) is 0 Å². The zero-order valence-corrected chi connectivity index (χ0v) is 10.3. The molecule has 1 N–H and O–H groups in total. The molecule has 100 valence electrons. The highest BCUT2D eigenvalue weighted by molar-refractivity contribution is 5.40. The summed E-state index contributed by atoms with van der Waals surface area (Å²) in [6, 6.07) is 3.44. The van der Waals surface area contributed by atoms with E-state index in [0.29, 0.717) is 12.1 Å². The molecule has 0 amide bonds. The summed E-state index contributed by atoms with van der Waals surface area (Å²) >= 11 is 0. The van der Waals surface area contributed by atoms with Crippen molar-refractivity contribution in [2.45, 2.75) is 13.1 Å². The van der Waals surface area contributed by atoms with Gasteiger partial charge in [0.05, 0.1) is 29.1 Å². The Kier molecular flexibility index (Phi) is 3.86. The predicted octanol–water partition coefficient (Wildman–Crippen LogP) is 1.70. The monoisotopic (exact) mass is 264 g/mol. The molecule has 0 radical (unpaired) electrons. The van der Waals surface area contributed by atoms with Gasteiger partial charge in [0, 0.05) is 18.8 Å². The van der Waals surface area contributed by atoms with Gasteiger partial charge in [-0.15, -0.1) is 0 Å². The Morgan fingerprint density at radius 3 is 3.00 bits per heavy atom. The molecule has 0 aliphatic heterocycles. The van der Waals surface area contributed by atoms with Crippen molar-refractivity contribution < 1.29 is 9.31 Å². The summed E-state index contributed by atoms with van der Waals surface area (Å²) < 4.78 is 14.9. The smallest absolute Gasteiger partial charge is 0.274 e. The molecule has 0 atom stereocenters. The van der Waals surface area contributed by atoms with Crippen molar-refractivity contribution in [3.8, 4) is 0 Å². The number of nitrogens with zero attached hydrogens (tertiary/aromatic N) is 3. The van der Waals surface area contributed by atoms with E-state index in [1.165, 1.54) is 12.1 Å². The van der Waals surface area contributed by atoms with Crippen LogP contribution in [0.25, 0.3) is 0 Å². The lowest BCUT2D eigenvalue weighted by Gasteiger charge is -2.04. The van der Waals surface area contributed by atoms with Crippen LogP contribution < -0.4 is 5.32 Å². The van der Waals surface area contributed by atoms with Gasteiger partial charge in [-0.3, -0.25) is 10.1 Å². The summed E-state index contributed by atoms with van der Waals surface area (Å²) in [5.74, 6) is -0.490. The number of benzene rings is 1. The fourth-order valence-electron chi connectivity index (χ4n) is 1.82. The van der Waals surface area contributed by atoms with Gasteiger partial charge >= 0.3 is 0 Å². The molecular formula is C12H13FN4O2. The normalized spacial score (nSPS) is 10.6. The van der Waals surface area contributed by atoms with Crippen molar-refractivity contribution in [1.29, 1.82) is 0 Å². The summed E-state index contributed by atoms with van der Waals surface area (Å²) in [6.07, 6.45) is 3.34. The number of hydrogen-bond donors (Lipinski definition) is 1. The molecule has 2 rings (SSSR count). The minimum atomic E-state index is -0.514. The molecule has 0 saturated heterocycles. The maximum atomic E-state index is 13.2. The average molecular weight is 264 g/mol. The van der Waals surface area contributed by atoms with E-state index in [-0.39, 0.29) is 12.2 Å². The minimum Gasteiger partial charge on any atom is -0.332 e. The molecule has 1 aromatic heterocycles. The maximum Gasteiger partial charge on any atom is 0.274 e. The molecule has 19 heavy (non-hydrogen) atoms. The number of rotatable bonds is 5. The highest BCUT2D eigenvalue weighted by Crippen LogP contribution is 2.20. The van der Waals surface area contributed by atoms with Gasteiger partial charge in [0.2, 0.25) is 0 Å². The maximum absolute atomic E-state index is 13.2. The summed E-state index contributed by atoms with van der Waals surface area (Å²) in [7, 11) is 1.80. The van der Waals surface area contributed by atoms with Crippen LogP contribution in [0.5, 0.6) is 0 Å². The Balaban J connectivity index is 2.26. The van der Waals surface area contributed by atoms with Crippen LogP contribution in [0, 0.1) is 15.9 Å². The zero-order valence-electron chi connectivity index (χ0n) is 10.3. The van der Waals surface area contributed by atoms with Crippen LogP contribution >= 0.6 is 0 Å². The SMILES string of the molecule is CNCc1cn(Cc2cc(F)ccc2[N+](=O)[O-])cn1. The molecular weight excluding hydrogens is 251 g/mol. The van der Waals surface area contributed by atoms with E-state index in [9.17, 15) is 14.5 Å². The highest BCUT2D eigenvalue weighted by atomic mass is 19.1. The molecule has 0 spiro atoms. The number of imidazole rings is 1. The van der Waals surface area contributed by atoms with E-state index < -0.39 is 10.7 Å². The van der Waals surface area contributed by atoms with Crippen molar-refractivity contribution in [2.75, 3.05) is 7.05 Å². The number of halogens is 1. The third kappa shape index (κ3) is 3.14. The summed E-state index contributed by atoms with van der Waals surface area (Å²) in [5.41, 5.74) is 1.05. The van der Waals surface area contributed by atoms with Crippen LogP contribution in [-0.2, 0) is 13.1 Å². The Morgan fingerprint density at radius 2 is 2.32 bits per heavy atom. The second kappa shape index (κ2) is 5.57. The first-order valence-corrected chi connectivity index (χ1v) is 5.68. The molecule has 0 saturated carbocycles. The van der Waals surface area contributed by atoms with Crippen LogP contribution in [0.4, 0.5) is 10.1 Å². The van der Waals surface area contributed by atoms with E-state index in [2.05, 4.69) is 10.3 Å².